The van der Waals surface area contributed by atoms with Gasteiger partial charge < -0.3 is 4.79 Å². The summed E-state index contributed by atoms with van der Waals surface area (Å²) < 4.78 is 1.10. The van der Waals surface area contributed by atoms with Crippen molar-refractivity contribution in [3.63, 3.8) is 0 Å². The maximum absolute atomic E-state index is 8.00. The lowest BCUT2D eigenvalue weighted by Crippen LogP contribution is -2.48. The molecule has 0 atom stereocenters. The second kappa shape index (κ2) is 7.18. The van der Waals surface area contributed by atoms with Crippen LogP contribution in [0.25, 0.3) is 0 Å². The molecule has 15 heavy (non-hydrogen) atoms. The molecule has 2 nitrogen and oxygen atoms in total. The van der Waals surface area contributed by atoms with Crippen molar-refractivity contribution in [1.29, 1.82) is 0 Å². The molecule has 0 amide bonds. The molecule has 0 unspecified atom stereocenters. The van der Waals surface area contributed by atoms with Gasteiger partial charge in [0.15, 0.2) is 0 Å². The first kappa shape index (κ1) is 13.8. The molecule has 1 aromatic carbocycles. The molecule has 1 aromatic rings. The third kappa shape index (κ3) is 3.17. The van der Waals surface area contributed by atoms with Gasteiger partial charge in [0, 0.05) is 0 Å². The Balaban J connectivity index is 0.000000921. The number of quaternary nitrogens is 1. The maximum atomic E-state index is 8.00. The molecule has 0 bridgehead atoms. The van der Waals surface area contributed by atoms with Crippen LogP contribution in [0, 0.1) is 0 Å². The fourth-order valence-corrected chi connectivity index (χ4v) is 1.96. The highest BCUT2D eigenvalue weighted by Gasteiger charge is 2.23. The first-order chi connectivity index (χ1) is 7.29. The SMILES string of the molecule is C=O.CC[N+](CC)(CC)c1ccccc1. The molecule has 0 heterocycles. The van der Waals surface area contributed by atoms with Gasteiger partial charge in [0.1, 0.15) is 12.5 Å². The summed E-state index contributed by atoms with van der Waals surface area (Å²) in [6, 6.07) is 10.8. The molecule has 0 radical (unpaired) electrons. The molecule has 0 aromatic heterocycles. The molecule has 0 aliphatic rings. The Kier molecular flexibility index (Phi) is 6.63. The highest BCUT2D eigenvalue weighted by molar-refractivity contribution is 5.42. The summed E-state index contributed by atoms with van der Waals surface area (Å²) in [5.74, 6) is 0. The third-order valence-corrected chi connectivity index (χ3v) is 3.12. The van der Waals surface area contributed by atoms with E-state index in [-0.39, 0.29) is 0 Å². The van der Waals surface area contributed by atoms with Crippen molar-refractivity contribution in [3.05, 3.63) is 30.3 Å². The van der Waals surface area contributed by atoms with Crippen molar-refractivity contribution in [3.8, 4) is 0 Å². The molecule has 0 spiro atoms. The molecule has 1 rings (SSSR count). The van der Waals surface area contributed by atoms with Crippen LogP contribution in [0.15, 0.2) is 30.3 Å². The molecule has 84 valence electrons. The number of carbonyl (C=O) groups is 1. The lowest BCUT2D eigenvalue weighted by atomic mass is 10.2. The average Bonchev–Trinajstić information content (AvgIpc) is 2.36. The molecule has 0 N–H and O–H groups in total. The molecular formula is C13H22NO+. The minimum Gasteiger partial charge on any atom is -0.307 e. The molecule has 0 saturated heterocycles. The van der Waals surface area contributed by atoms with Gasteiger partial charge in [-0.1, -0.05) is 18.2 Å². The first-order valence-corrected chi connectivity index (χ1v) is 5.49. The first-order valence-electron chi connectivity index (χ1n) is 5.49. The normalized spacial score (nSPS) is 10.3. The topological polar surface area (TPSA) is 17.1 Å². The van der Waals surface area contributed by atoms with Gasteiger partial charge in [0.25, 0.3) is 0 Å². The van der Waals surface area contributed by atoms with E-state index in [0.29, 0.717) is 0 Å². The summed E-state index contributed by atoms with van der Waals surface area (Å²) >= 11 is 0. The molecule has 0 aliphatic carbocycles. The number of para-hydroxylation sites is 1. The third-order valence-electron chi connectivity index (χ3n) is 3.12. The molecule has 0 fully saturated rings. The zero-order valence-electron chi connectivity index (χ0n) is 10.1. The van der Waals surface area contributed by atoms with Crippen molar-refractivity contribution in [2.75, 3.05) is 19.6 Å². The van der Waals surface area contributed by atoms with Gasteiger partial charge in [0.05, 0.1) is 19.6 Å². The molecule has 0 aliphatic heterocycles. The Morgan fingerprint density at radius 1 is 0.933 bits per heavy atom. The lowest BCUT2D eigenvalue weighted by molar-refractivity contribution is -0.0979. The minimum atomic E-state index is 1.10. The van der Waals surface area contributed by atoms with Gasteiger partial charge in [-0.15, -0.1) is 0 Å². The quantitative estimate of drug-likeness (QED) is 0.695. The molecule has 0 saturated carbocycles. The Hall–Kier alpha value is -1.15. The zero-order chi connectivity index (χ0) is 11.7. The summed E-state index contributed by atoms with van der Waals surface area (Å²) in [7, 11) is 0. The van der Waals surface area contributed by atoms with Crippen LogP contribution in [0.5, 0.6) is 0 Å². The van der Waals surface area contributed by atoms with Crippen LogP contribution >= 0.6 is 0 Å². The Bertz CT molecular complexity index is 246. The predicted octanol–water partition coefficient (Wildman–Crippen LogP) is 2.87. The number of nitrogens with zero attached hydrogens (tertiary/aromatic N) is 1. The maximum Gasteiger partial charge on any atom is 0.132 e. The number of hydrogen-bond acceptors (Lipinski definition) is 1. The summed E-state index contributed by atoms with van der Waals surface area (Å²) in [5.41, 5.74) is 1.44. The minimum absolute atomic E-state index is 1.10. The fraction of sp³-hybridized carbons (Fsp3) is 0.462. The molecular weight excluding hydrogens is 186 g/mol. The van der Waals surface area contributed by atoms with Gasteiger partial charge in [-0.3, -0.25) is 4.48 Å². The van der Waals surface area contributed by atoms with E-state index >= 15 is 0 Å². The monoisotopic (exact) mass is 208 g/mol. The van der Waals surface area contributed by atoms with E-state index < -0.39 is 0 Å². The number of benzene rings is 1. The molecule has 2 heteroatoms. The van der Waals surface area contributed by atoms with Crippen LogP contribution in [-0.2, 0) is 4.79 Å². The van der Waals surface area contributed by atoms with E-state index in [9.17, 15) is 0 Å². The zero-order valence-corrected chi connectivity index (χ0v) is 10.1. The van der Waals surface area contributed by atoms with Gasteiger partial charge in [-0.2, -0.15) is 0 Å². The van der Waals surface area contributed by atoms with E-state index in [4.69, 9.17) is 4.79 Å². The Morgan fingerprint density at radius 3 is 1.67 bits per heavy atom. The van der Waals surface area contributed by atoms with Crippen LogP contribution < -0.4 is 4.48 Å². The fourth-order valence-electron chi connectivity index (χ4n) is 1.96. The predicted molar refractivity (Wildman–Crippen MR) is 67.0 cm³/mol. The number of hydrogen-bond donors (Lipinski definition) is 0. The van der Waals surface area contributed by atoms with Gasteiger partial charge >= 0.3 is 0 Å². The van der Waals surface area contributed by atoms with E-state index in [1.807, 2.05) is 6.79 Å². The highest BCUT2D eigenvalue weighted by Crippen LogP contribution is 2.21. The van der Waals surface area contributed by atoms with Crippen LogP contribution in [0.3, 0.4) is 0 Å². The smallest absolute Gasteiger partial charge is 0.132 e. The van der Waals surface area contributed by atoms with Gasteiger partial charge in [-0.25, -0.2) is 0 Å². The Morgan fingerprint density at radius 2 is 1.33 bits per heavy atom. The summed E-state index contributed by atoms with van der Waals surface area (Å²) in [6.45, 7) is 12.3. The van der Waals surface area contributed by atoms with Gasteiger partial charge in [-0.05, 0) is 32.9 Å². The van der Waals surface area contributed by atoms with Crippen molar-refractivity contribution in [1.82, 2.24) is 4.48 Å². The van der Waals surface area contributed by atoms with Crippen molar-refractivity contribution in [2.45, 2.75) is 20.8 Å². The van der Waals surface area contributed by atoms with Crippen LogP contribution in [0.2, 0.25) is 0 Å². The Labute approximate surface area is 93.1 Å². The summed E-state index contributed by atoms with van der Waals surface area (Å²) in [4.78, 5) is 8.00. The largest absolute Gasteiger partial charge is 0.307 e. The highest BCUT2D eigenvalue weighted by atomic mass is 16.1. The van der Waals surface area contributed by atoms with E-state index in [2.05, 4.69) is 51.1 Å². The number of rotatable bonds is 4. The summed E-state index contributed by atoms with van der Waals surface area (Å²) in [5, 5.41) is 0. The van der Waals surface area contributed by atoms with Crippen LogP contribution in [0.4, 0.5) is 5.69 Å². The number of carbonyl (C=O) groups excluding carboxylic acids is 1. The average molecular weight is 208 g/mol. The summed E-state index contributed by atoms with van der Waals surface area (Å²) in [6.07, 6.45) is 0. The van der Waals surface area contributed by atoms with E-state index in [1.54, 1.807) is 0 Å². The van der Waals surface area contributed by atoms with Crippen LogP contribution in [0.1, 0.15) is 20.8 Å². The second-order valence-corrected chi connectivity index (χ2v) is 3.43. The standard InChI is InChI=1S/C12H20N.CH2O/c1-4-13(5-2,6-3)12-10-8-7-9-11-12;1-2/h7-11H,4-6H2,1-3H3;1H2/q+1;. The van der Waals surface area contributed by atoms with E-state index in [1.165, 1.54) is 25.3 Å². The lowest BCUT2D eigenvalue weighted by Gasteiger charge is -2.35. The van der Waals surface area contributed by atoms with Crippen LogP contribution in [-0.4, -0.2) is 26.4 Å². The van der Waals surface area contributed by atoms with Crippen molar-refractivity contribution < 1.29 is 4.79 Å². The van der Waals surface area contributed by atoms with Crippen molar-refractivity contribution in [2.24, 2.45) is 0 Å². The van der Waals surface area contributed by atoms with Crippen molar-refractivity contribution >= 4 is 12.5 Å². The van der Waals surface area contributed by atoms with Gasteiger partial charge in [0.2, 0.25) is 0 Å². The van der Waals surface area contributed by atoms with E-state index in [0.717, 1.165) is 4.48 Å². The second-order valence-electron chi connectivity index (χ2n) is 3.43.